The number of aromatic nitrogens is 1. The first-order chi connectivity index (χ1) is 10.4. The van der Waals surface area contributed by atoms with E-state index < -0.39 is 0 Å². The van der Waals surface area contributed by atoms with Crippen molar-refractivity contribution in [3.05, 3.63) is 63.3 Å². The maximum absolute atomic E-state index is 4.85. The average molecular weight is 325 g/mol. The first-order valence-corrected chi connectivity index (χ1v) is 9.28. The third-order valence-electron chi connectivity index (χ3n) is 3.27. The van der Waals surface area contributed by atoms with Crippen LogP contribution in [-0.4, -0.2) is 4.98 Å². The van der Waals surface area contributed by atoms with Crippen LogP contribution in [0, 0.1) is 0 Å². The number of hydrogen-bond donors (Lipinski definition) is 0. The molecule has 0 spiro atoms. The Morgan fingerprint density at radius 1 is 0.714 bits per heavy atom. The van der Waals surface area contributed by atoms with E-state index in [1.54, 1.807) is 34.0 Å². The molecule has 0 fully saturated rings. The topological polar surface area (TPSA) is 12.9 Å². The van der Waals surface area contributed by atoms with Gasteiger partial charge in [0.15, 0.2) is 0 Å². The predicted octanol–water partition coefficient (Wildman–Crippen LogP) is 6.27. The van der Waals surface area contributed by atoms with Crippen molar-refractivity contribution in [2.75, 3.05) is 0 Å². The third kappa shape index (κ3) is 2.58. The highest BCUT2D eigenvalue weighted by molar-refractivity contribution is 7.13. The first-order valence-electron chi connectivity index (χ1n) is 6.51. The molecule has 0 aliphatic carbocycles. The largest absolute Gasteiger partial charge is 0.247 e. The minimum absolute atomic E-state index is 1.04. The third-order valence-corrected chi connectivity index (χ3v) is 5.53. The quantitative estimate of drug-likeness (QED) is 0.433. The van der Waals surface area contributed by atoms with E-state index in [2.05, 4.69) is 63.3 Å². The van der Waals surface area contributed by atoms with E-state index in [0.717, 1.165) is 11.4 Å². The smallest absolute Gasteiger partial charge is 0.0815 e. The number of thiophene rings is 3. The van der Waals surface area contributed by atoms with Gasteiger partial charge in [-0.15, -0.1) is 11.3 Å². The molecule has 102 valence electrons. The van der Waals surface area contributed by atoms with Crippen molar-refractivity contribution < 1.29 is 0 Å². The first kappa shape index (κ1) is 13.0. The SMILES string of the molecule is c1csc(-c2cc(-c3ccsc3)cc(-c3ccsc3)n2)c1. The Hall–Kier alpha value is -1.75. The van der Waals surface area contributed by atoms with Gasteiger partial charge in [0.25, 0.3) is 0 Å². The number of hydrogen-bond acceptors (Lipinski definition) is 4. The zero-order valence-corrected chi connectivity index (χ0v) is 13.5. The Morgan fingerprint density at radius 3 is 2.14 bits per heavy atom. The van der Waals surface area contributed by atoms with Crippen LogP contribution in [0.4, 0.5) is 0 Å². The minimum Gasteiger partial charge on any atom is -0.247 e. The van der Waals surface area contributed by atoms with E-state index >= 15 is 0 Å². The monoisotopic (exact) mass is 325 g/mol. The van der Waals surface area contributed by atoms with E-state index in [0.29, 0.717) is 0 Å². The maximum Gasteiger partial charge on any atom is 0.0815 e. The van der Waals surface area contributed by atoms with Crippen molar-refractivity contribution in [2.24, 2.45) is 0 Å². The fraction of sp³-hybridized carbons (Fsp3) is 0. The lowest BCUT2D eigenvalue weighted by atomic mass is 10.1. The summed E-state index contributed by atoms with van der Waals surface area (Å²) in [6, 6.07) is 12.9. The van der Waals surface area contributed by atoms with Gasteiger partial charge in [0.1, 0.15) is 0 Å². The molecule has 4 aromatic rings. The molecule has 0 atom stereocenters. The molecular weight excluding hydrogens is 314 g/mol. The van der Waals surface area contributed by atoms with Gasteiger partial charge in [-0.2, -0.15) is 22.7 Å². The van der Waals surface area contributed by atoms with Crippen LogP contribution in [0.2, 0.25) is 0 Å². The van der Waals surface area contributed by atoms with Crippen LogP contribution >= 0.6 is 34.0 Å². The molecule has 0 amide bonds. The summed E-state index contributed by atoms with van der Waals surface area (Å²) in [5, 5.41) is 10.6. The Labute approximate surface area is 135 Å². The van der Waals surface area contributed by atoms with Crippen molar-refractivity contribution in [3.8, 4) is 33.0 Å². The molecule has 4 rings (SSSR count). The molecule has 0 N–H and O–H groups in total. The molecule has 0 saturated heterocycles. The standard InChI is InChI=1S/C17H11NS3/c1-2-17(21-5-1)16-9-14(12-3-6-19-10-12)8-15(18-16)13-4-7-20-11-13/h1-11H. The lowest BCUT2D eigenvalue weighted by Crippen LogP contribution is -1.88. The van der Waals surface area contributed by atoms with Crippen molar-refractivity contribution in [1.29, 1.82) is 0 Å². The molecule has 1 nitrogen and oxygen atoms in total. The summed E-state index contributed by atoms with van der Waals surface area (Å²) >= 11 is 5.16. The summed E-state index contributed by atoms with van der Waals surface area (Å²) in [5.74, 6) is 0. The van der Waals surface area contributed by atoms with Gasteiger partial charge in [0.05, 0.1) is 16.3 Å². The number of nitrogens with zero attached hydrogens (tertiary/aromatic N) is 1. The van der Waals surface area contributed by atoms with E-state index in [1.165, 1.54) is 21.6 Å². The van der Waals surface area contributed by atoms with Gasteiger partial charge in [-0.3, -0.25) is 0 Å². The summed E-state index contributed by atoms with van der Waals surface area (Å²) in [6.45, 7) is 0. The van der Waals surface area contributed by atoms with Crippen LogP contribution < -0.4 is 0 Å². The van der Waals surface area contributed by atoms with Gasteiger partial charge in [-0.05, 0) is 63.0 Å². The van der Waals surface area contributed by atoms with E-state index in [9.17, 15) is 0 Å². The molecule has 4 aromatic heterocycles. The van der Waals surface area contributed by atoms with Gasteiger partial charge < -0.3 is 0 Å². The lowest BCUT2D eigenvalue weighted by Gasteiger charge is -2.06. The van der Waals surface area contributed by atoms with E-state index in [1.807, 2.05) is 0 Å². The maximum atomic E-state index is 4.85. The predicted molar refractivity (Wildman–Crippen MR) is 94.2 cm³/mol. The van der Waals surface area contributed by atoms with Gasteiger partial charge in [-0.1, -0.05) is 6.07 Å². The number of pyridine rings is 1. The van der Waals surface area contributed by atoms with E-state index in [-0.39, 0.29) is 0 Å². The highest BCUT2D eigenvalue weighted by Crippen LogP contribution is 2.33. The second kappa shape index (κ2) is 5.56. The van der Waals surface area contributed by atoms with Crippen molar-refractivity contribution >= 4 is 34.0 Å². The van der Waals surface area contributed by atoms with Gasteiger partial charge in [-0.25, -0.2) is 4.98 Å². The Kier molecular flexibility index (Phi) is 3.43. The van der Waals surface area contributed by atoms with E-state index in [4.69, 9.17) is 4.98 Å². The summed E-state index contributed by atoms with van der Waals surface area (Å²) in [4.78, 5) is 6.06. The summed E-state index contributed by atoms with van der Waals surface area (Å²) in [7, 11) is 0. The normalized spacial score (nSPS) is 10.9. The summed E-state index contributed by atoms with van der Waals surface area (Å²) in [5.41, 5.74) is 5.78. The molecule has 4 heteroatoms. The van der Waals surface area contributed by atoms with Crippen LogP contribution in [0.5, 0.6) is 0 Å². The Morgan fingerprint density at radius 2 is 1.48 bits per heavy atom. The second-order valence-corrected chi connectivity index (χ2v) is 7.14. The van der Waals surface area contributed by atoms with Crippen molar-refractivity contribution in [3.63, 3.8) is 0 Å². The molecule has 0 bridgehead atoms. The van der Waals surface area contributed by atoms with Crippen LogP contribution in [0.15, 0.2) is 63.3 Å². The van der Waals surface area contributed by atoms with Crippen molar-refractivity contribution in [2.45, 2.75) is 0 Å². The fourth-order valence-electron chi connectivity index (χ4n) is 2.23. The Balaban J connectivity index is 1.92. The minimum atomic E-state index is 1.04. The molecule has 0 aliphatic rings. The average Bonchev–Trinajstić information content (AvgIpc) is 3.29. The summed E-state index contributed by atoms with van der Waals surface area (Å²) < 4.78 is 0. The van der Waals surface area contributed by atoms with Crippen molar-refractivity contribution in [1.82, 2.24) is 4.98 Å². The molecule has 0 radical (unpaired) electrons. The van der Waals surface area contributed by atoms with Gasteiger partial charge in [0, 0.05) is 10.9 Å². The van der Waals surface area contributed by atoms with Crippen LogP contribution in [0.25, 0.3) is 33.0 Å². The zero-order valence-electron chi connectivity index (χ0n) is 11.0. The van der Waals surface area contributed by atoms with Crippen LogP contribution in [0.1, 0.15) is 0 Å². The molecule has 0 aromatic carbocycles. The molecule has 0 aliphatic heterocycles. The molecular formula is C17H11NS3. The molecule has 0 saturated carbocycles. The van der Waals surface area contributed by atoms with Crippen LogP contribution in [-0.2, 0) is 0 Å². The van der Waals surface area contributed by atoms with Gasteiger partial charge in [0.2, 0.25) is 0 Å². The van der Waals surface area contributed by atoms with Crippen LogP contribution in [0.3, 0.4) is 0 Å². The molecule has 21 heavy (non-hydrogen) atoms. The Bertz CT molecular complexity index is 701. The molecule has 0 unspecified atom stereocenters. The zero-order chi connectivity index (χ0) is 14.1. The summed E-state index contributed by atoms with van der Waals surface area (Å²) in [6.07, 6.45) is 0. The highest BCUT2D eigenvalue weighted by Gasteiger charge is 2.09. The fourth-order valence-corrected chi connectivity index (χ4v) is 4.24. The van der Waals surface area contributed by atoms with Gasteiger partial charge >= 0.3 is 0 Å². The highest BCUT2D eigenvalue weighted by atomic mass is 32.1. The lowest BCUT2D eigenvalue weighted by molar-refractivity contribution is 1.34. The number of rotatable bonds is 3. The second-order valence-electron chi connectivity index (χ2n) is 4.63. The molecule has 4 heterocycles.